The summed E-state index contributed by atoms with van der Waals surface area (Å²) in [6.45, 7) is 9.98. The van der Waals surface area contributed by atoms with Gasteiger partial charge in [0.05, 0.1) is 0 Å². The number of nitrogens with zero attached hydrogens (tertiary/aromatic N) is 1. The summed E-state index contributed by atoms with van der Waals surface area (Å²) in [5.41, 5.74) is 9.37. The largest absolute Gasteiger partial charge is 0.329 e. The second-order valence-electron chi connectivity index (χ2n) is 6.19. The van der Waals surface area contributed by atoms with Crippen LogP contribution in [0.4, 0.5) is 0 Å². The zero-order valence-corrected chi connectivity index (χ0v) is 11.9. The van der Waals surface area contributed by atoms with Crippen molar-refractivity contribution >= 4 is 0 Å². The molecular weight excluding hydrogens is 220 g/mol. The minimum atomic E-state index is 0.392. The first kappa shape index (κ1) is 13.6. The highest BCUT2D eigenvalue weighted by Gasteiger charge is 2.33. The van der Waals surface area contributed by atoms with Gasteiger partial charge in [-0.05, 0) is 35.9 Å². The molecule has 0 bridgehead atoms. The van der Waals surface area contributed by atoms with Crippen molar-refractivity contribution < 1.29 is 0 Å². The maximum Gasteiger partial charge on any atom is 0.0473 e. The molecule has 18 heavy (non-hydrogen) atoms. The molecule has 100 valence electrons. The number of hydrogen-bond donors (Lipinski definition) is 1. The van der Waals surface area contributed by atoms with E-state index in [0.29, 0.717) is 18.0 Å². The van der Waals surface area contributed by atoms with Crippen LogP contribution in [0.25, 0.3) is 0 Å². The van der Waals surface area contributed by atoms with Gasteiger partial charge in [-0.3, -0.25) is 4.90 Å². The third-order valence-electron chi connectivity index (χ3n) is 4.17. The van der Waals surface area contributed by atoms with Crippen molar-refractivity contribution in [2.45, 2.75) is 39.7 Å². The van der Waals surface area contributed by atoms with Crippen LogP contribution in [-0.4, -0.2) is 24.5 Å². The highest BCUT2D eigenvalue weighted by atomic mass is 15.2. The van der Waals surface area contributed by atoms with E-state index < -0.39 is 0 Å². The fourth-order valence-corrected chi connectivity index (χ4v) is 3.07. The quantitative estimate of drug-likeness (QED) is 0.885. The molecule has 1 fully saturated rings. The summed E-state index contributed by atoms with van der Waals surface area (Å²) in [6.07, 6.45) is 2.36. The topological polar surface area (TPSA) is 29.3 Å². The van der Waals surface area contributed by atoms with Gasteiger partial charge in [0.2, 0.25) is 0 Å². The van der Waals surface area contributed by atoms with Crippen molar-refractivity contribution in [3.05, 3.63) is 35.4 Å². The minimum Gasteiger partial charge on any atom is -0.329 e. The molecule has 1 unspecified atom stereocenters. The first-order valence-corrected chi connectivity index (χ1v) is 7.09. The first-order chi connectivity index (χ1) is 8.57. The summed E-state index contributed by atoms with van der Waals surface area (Å²) >= 11 is 0. The lowest BCUT2D eigenvalue weighted by Gasteiger charge is -2.30. The van der Waals surface area contributed by atoms with Gasteiger partial charge in [0, 0.05) is 19.1 Å². The number of benzene rings is 1. The van der Waals surface area contributed by atoms with Crippen LogP contribution in [-0.2, 0) is 6.42 Å². The molecule has 1 aliphatic heterocycles. The van der Waals surface area contributed by atoms with Gasteiger partial charge in [-0.25, -0.2) is 0 Å². The Hall–Kier alpha value is -0.860. The van der Waals surface area contributed by atoms with Crippen molar-refractivity contribution in [2.24, 2.45) is 11.1 Å². The lowest BCUT2D eigenvalue weighted by Crippen LogP contribution is -2.33. The van der Waals surface area contributed by atoms with Crippen molar-refractivity contribution in [3.63, 3.8) is 0 Å². The molecule has 0 saturated carbocycles. The van der Waals surface area contributed by atoms with Gasteiger partial charge in [0.25, 0.3) is 0 Å². The Morgan fingerprint density at radius 3 is 2.61 bits per heavy atom. The van der Waals surface area contributed by atoms with Crippen LogP contribution in [0.3, 0.4) is 0 Å². The van der Waals surface area contributed by atoms with Crippen LogP contribution in [0.15, 0.2) is 24.3 Å². The van der Waals surface area contributed by atoms with E-state index in [-0.39, 0.29) is 0 Å². The molecule has 2 heteroatoms. The van der Waals surface area contributed by atoms with Crippen LogP contribution in [0.5, 0.6) is 0 Å². The van der Waals surface area contributed by atoms with Crippen LogP contribution in [0.1, 0.15) is 44.4 Å². The highest BCUT2D eigenvalue weighted by Crippen LogP contribution is 2.35. The molecule has 1 atom stereocenters. The molecule has 1 heterocycles. The number of aryl methyl sites for hydroxylation is 1. The summed E-state index contributed by atoms with van der Waals surface area (Å²) in [4.78, 5) is 2.56. The lowest BCUT2D eigenvalue weighted by atomic mass is 9.93. The SMILES string of the molecule is CCc1ccccc1C(CN)N1CCC(C)(C)C1. The number of likely N-dealkylation sites (tertiary alicyclic amines) is 1. The molecule has 0 spiro atoms. The molecule has 1 aliphatic rings. The van der Waals surface area contributed by atoms with E-state index >= 15 is 0 Å². The molecule has 1 saturated heterocycles. The zero-order chi connectivity index (χ0) is 13.2. The maximum atomic E-state index is 6.06. The Bertz CT molecular complexity index is 398. The number of rotatable bonds is 4. The normalized spacial score (nSPS) is 21.1. The van der Waals surface area contributed by atoms with Crippen LogP contribution in [0.2, 0.25) is 0 Å². The maximum absolute atomic E-state index is 6.06. The van der Waals surface area contributed by atoms with Crippen LogP contribution >= 0.6 is 0 Å². The average molecular weight is 246 g/mol. The Balaban J connectivity index is 2.23. The van der Waals surface area contributed by atoms with Gasteiger partial charge < -0.3 is 5.73 Å². The van der Waals surface area contributed by atoms with Crippen molar-refractivity contribution in [1.29, 1.82) is 0 Å². The van der Waals surface area contributed by atoms with Gasteiger partial charge in [-0.1, -0.05) is 45.0 Å². The van der Waals surface area contributed by atoms with E-state index in [1.807, 2.05) is 0 Å². The zero-order valence-electron chi connectivity index (χ0n) is 11.9. The molecule has 2 rings (SSSR count). The molecule has 0 radical (unpaired) electrons. The summed E-state index contributed by atoms with van der Waals surface area (Å²) < 4.78 is 0. The van der Waals surface area contributed by atoms with Gasteiger partial charge in [-0.15, -0.1) is 0 Å². The molecule has 2 nitrogen and oxygen atoms in total. The first-order valence-electron chi connectivity index (χ1n) is 7.09. The van der Waals surface area contributed by atoms with Gasteiger partial charge in [-0.2, -0.15) is 0 Å². The second kappa shape index (κ2) is 5.41. The van der Waals surface area contributed by atoms with Crippen molar-refractivity contribution in [2.75, 3.05) is 19.6 Å². The average Bonchev–Trinajstić information content (AvgIpc) is 2.71. The Labute approximate surface area is 111 Å². The monoisotopic (exact) mass is 246 g/mol. The van der Waals surface area contributed by atoms with Gasteiger partial charge in [0.15, 0.2) is 0 Å². The van der Waals surface area contributed by atoms with E-state index in [0.717, 1.165) is 13.0 Å². The highest BCUT2D eigenvalue weighted by molar-refractivity contribution is 5.30. The fraction of sp³-hybridized carbons (Fsp3) is 0.625. The number of hydrogen-bond acceptors (Lipinski definition) is 2. The Kier molecular flexibility index (Phi) is 4.08. The van der Waals surface area contributed by atoms with E-state index in [9.17, 15) is 0 Å². The van der Waals surface area contributed by atoms with E-state index in [1.165, 1.54) is 24.1 Å². The molecule has 0 aromatic heterocycles. The third kappa shape index (κ3) is 2.76. The second-order valence-corrected chi connectivity index (χ2v) is 6.19. The Morgan fingerprint density at radius 2 is 2.06 bits per heavy atom. The predicted octanol–water partition coefficient (Wildman–Crippen LogP) is 2.98. The smallest absolute Gasteiger partial charge is 0.0473 e. The summed E-state index contributed by atoms with van der Waals surface area (Å²) in [5, 5.41) is 0. The van der Waals surface area contributed by atoms with Crippen molar-refractivity contribution in [1.82, 2.24) is 4.90 Å². The lowest BCUT2D eigenvalue weighted by molar-refractivity contribution is 0.222. The fourth-order valence-electron chi connectivity index (χ4n) is 3.07. The van der Waals surface area contributed by atoms with Gasteiger partial charge in [0.1, 0.15) is 0 Å². The molecule has 1 aromatic rings. The van der Waals surface area contributed by atoms with Crippen molar-refractivity contribution in [3.8, 4) is 0 Å². The molecule has 0 amide bonds. The molecule has 0 aliphatic carbocycles. The summed E-state index contributed by atoms with van der Waals surface area (Å²) in [7, 11) is 0. The van der Waals surface area contributed by atoms with Gasteiger partial charge >= 0.3 is 0 Å². The molecular formula is C16H26N2. The van der Waals surface area contributed by atoms with Crippen LogP contribution < -0.4 is 5.73 Å². The van der Waals surface area contributed by atoms with E-state index in [2.05, 4.69) is 49.9 Å². The van der Waals surface area contributed by atoms with E-state index in [4.69, 9.17) is 5.73 Å². The Morgan fingerprint density at radius 1 is 1.33 bits per heavy atom. The number of nitrogens with two attached hydrogens (primary N) is 1. The molecule has 2 N–H and O–H groups in total. The minimum absolute atomic E-state index is 0.392. The third-order valence-corrected chi connectivity index (χ3v) is 4.17. The standard InChI is InChI=1S/C16H26N2/c1-4-13-7-5-6-8-14(13)15(11-17)18-10-9-16(2,3)12-18/h5-8,15H,4,9-12,17H2,1-3H3. The van der Waals surface area contributed by atoms with E-state index in [1.54, 1.807) is 0 Å². The van der Waals surface area contributed by atoms with Crippen LogP contribution in [0, 0.1) is 5.41 Å². The molecule has 1 aromatic carbocycles. The predicted molar refractivity (Wildman–Crippen MR) is 77.6 cm³/mol. The summed E-state index contributed by atoms with van der Waals surface area (Å²) in [5.74, 6) is 0. The summed E-state index contributed by atoms with van der Waals surface area (Å²) in [6, 6.07) is 9.14.